The van der Waals surface area contributed by atoms with E-state index in [0.29, 0.717) is 23.6 Å². The molecule has 1 atom stereocenters. The summed E-state index contributed by atoms with van der Waals surface area (Å²) in [6.45, 7) is 4.52. The van der Waals surface area contributed by atoms with Gasteiger partial charge in [-0.3, -0.25) is 13.3 Å². The summed E-state index contributed by atoms with van der Waals surface area (Å²) in [6.07, 6.45) is 4.03. The quantitative estimate of drug-likeness (QED) is 0.217. The summed E-state index contributed by atoms with van der Waals surface area (Å²) in [5.74, 6) is 0.954. The molecule has 0 aliphatic carbocycles. The van der Waals surface area contributed by atoms with Gasteiger partial charge in [-0.2, -0.15) is 0 Å². The summed E-state index contributed by atoms with van der Waals surface area (Å²) in [5, 5.41) is 0.589. The van der Waals surface area contributed by atoms with Crippen LogP contribution in [0.4, 0.5) is 0 Å². The molecule has 0 N–H and O–H groups in total. The summed E-state index contributed by atoms with van der Waals surface area (Å²) < 4.78 is 31.7. The number of imidazole rings is 1. The molecule has 0 saturated heterocycles. The van der Waals surface area contributed by atoms with Crippen molar-refractivity contribution in [3.05, 3.63) is 76.8 Å². The highest BCUT2D eigenvalue weighted by Gasteiger charge is 2.19. The number of aryl methyl sites for hydroxylation is 1. The molecule has 0 saturated carbocycles. The standard InChI is InChI=1S/C25H26ClN3O4S/c1-3-4-5-12-29(34(31)32)25(30)19-10-11-22-23(15-19)28(17(2)27-22)16-20-9-8-18(14-21(20)26)24-7-6-13-33-24/h6-11,13-15H,3-5,12,16H2,1-2H3,(H,31,32)/p-1. The first kappa shape index (κ1) is 24.2. The number of halogens is 1. The Morgan fingerprint density at radius 2 is 2.03 bits per heavy atom. The number of aromatic nitrogens is 2. The largest absolute Gasteiger partial charge is 0.755 e. The molecule has 1 unspecified atom stereocenters. The van der Waals surface area contributed by atoms with E-state index < -0.39 is 17.2 Å². The molecule has 178 valence electrons. The zero-order valence-electron chi connectivity index (χ0n) is 19.0. The third-order valence-corrected chi connectivity index (χ3v) is 6.80. The average molecular weight is 499 g/mol. The average Bonchev–Trinajstić information content (AvgIpc) is 3.45. The van der Waals surface area contributed by atoms with E-state index in [2.05, 4.69) is 4.98 Å². The van der Waals surface area contributed by atoms with Gasteiger partial charge in [-0.05, 0) is 55.3 Å². The lowest BCUT2D eigenvalue weighted by molar-refractivity contribution is 0.0857. The molecule has 9 heteroatoms. The van der Waals surface area contributed by atoms with Crippen LogP contribution < -0.4 is 0 Å². The predicted molar refractivity (Wildman–Crippen MR) is 132 cm³/mol. The van der Waals surface area contributed by atoms with Gasteiger partial charge in [0.2, 0.25) is 0 Å². The van der Waals surface area contributed by atoms with E-state index in [0.717, 1.165) is 50.9 Å². The topological polar surface area (TPSA) is 91.4 Å². The summed E-state index contributed by atoms with van der Waals surface area (Å²) in [4.78, 5) is 17.6. The molecule has 1 amide bonds. The minimum Gasteiger partial charge on any atom is -0.755 e. The van der Waals surface area contributed by atoms with Crippen LogP contribution in [0.1, 0.15) is 47.9 Å². The van der Waals surface area contributed by atoms with Crippen molar-refractivity contribution in [1.29, 1.82) is 0 Å². The number of benzene rings is 2. The predicted octanol–water partition coefficient (Wildman–Crippen LogP) is 5.73. The highest BCUT2D eigenvalue weighted by Crippen LogP contribution is 2.28. The fourth-order valence-corrected chi connectivity index (χ4v) is 4.67. The van der Waals surface area contributed by atoms with Crippen LogP contribution in [0, 0.1) is 6.92 Å². The Balaban J connectivity index is 1.64. The minimum absolute atomic E-state index is 0.163. The molecular formula is C25H25ClN3O4S-. The number of rotatable bonds is 9. The Bertz CT molecular complexity index is 1330. The Labute approximate surface area is 205 Å². The molecule has 0 bridgehead atoms. The van der Waals surface area contributed by atoms with E-state index in [1.165, 1.54) is 0 Å². The molecule has 2 aromatic carbocycles. The molecule has 0 aliphatic rings. The normalized spacial score (nSPS) is 12.2. The third-order valence-electron chi connectivity index (χ3n) is 5.74. The summed E-state index contributed by atoms with van der Waals surface area (Å²) >= 11 is 3.95. The van der Waals surface area contributed by atoms with E-state index in [-0.39, 0.29) is 6.54 Å². The van der Waals surface area contributed by atoms with Crippen LogP contribution in [0.15, 0.2) is 59.2 Å². The number of fused-ring (bicyclic) bond motifs is 1. The van der Waals surface area contributed by atoms with Gasteiger partial charge in [0.05, 0.1) is 23.8 Å². The van der Waals surface area contributed by atoms with Crippen LogP contribution >= 0.6 is 11.6 Å². The number of carbonyl (C=O) groups excluding carboxylic acids is 1. The molecule has 34 heavy (non-hydrogen) atoms. The highest BCUT2D eigenvalue weighted by atomic mass is 35.5. The molecule has 7 nitrogen and oxygen atoms in total. The maximum Gasteiger partial charge on any atom is 0.264 e. The number of amides is 1. The first-order valence-electron chi connectivity index (χ1n) is 11.1. The molecule has 0 radical (unpaired) electrons. The molecule has 2 heterocycles. The lowest BCUT2D eigenvalue weighted by atomic mass is 10.1. The van der Waals surface area contributed by atoms with Gasteiger partial charge < -0.3 is 13.5 Å². The first-order chi connectivity index (χ1) is 16.4. The van der Waals surface area contributed by atoms with Crippen molar-refractivity contribution in [2.75, 3.05) is 6.54 Å². The molecule has 0 fully saturated rings. The van der Waals surface area contributed by atoms with Gasteiger partial charge in [0, 0.05) is 34.0 Å². The van der Waals surface area contributed by atoms with E-state index in [4.69, 9.17) is 16.0 Å². The molecular weight excluding hydrogens is 474 g/mol. The van der Waals surface area contributed by atoms with E-state index in [1.54, 1.807) is 24.5 Å². The van der Waals surface area contributed by atoms with Gasteiger partial charge >= 0.3 is 0 Å². The Hall–Kier alpha value is -2.94. The van der Waals surface area contributed by atoms with Crippen molar-refractivity contribution < 1.29 is 18.0 Å². The van der Waals surface area contributed by atoms with Gasteiger partial charge in [0.1, 0.15) is 11.6 Å². The van der Waals surface area contributed by atoms with Crippen LogP contribution in [-0.4, -0.2) is 35.1 Å². The van der Waals surface area contributed by atoms with Gasteiger partial charge in [0.15, 0.2) is 0 Å². The maximum absolute atomic E-state index is 13.0. The Morgan fingerprint density at radius 3 is 2.71 bits per heavy atom. The van der Waals surface area contributed by atoms with Crippen molar-refractivity contribution in [1.82, 2.24) is 13.9 Å². The second-order valence-corrected chi connectivity index (χ2v) is 9.35. The SMILES string of the molecule is CCCCCN(C(=O)c1ccc2nc(C)n(Cc3ccc(-c4ccco4)cc3Cl)c2c1)S(=O)[O-]. The van der Waals surface area contributed by atoms with Crippen LogP contribution in [0.2, 0.25) is 5.02 Å². The van der Waals surface area contributed by atoms with Crippen LogP contribution in [0.5, 0.6) is 0 Å². The van der Waals surface area contributed by atoms with E-state index >= 15 is 0 Å². The zero-order chi connectivity index (χ0) is 24.2. The van der Waals surface area contributed by atoms with Gasteiger partial charge in [-0.25, -0.2) is 4.98 Å². The zero-order valence-corrected chi connectivity index (χ0v) is 20.6. The lowest BCUT2D eigenvalue weighted by Crippen LogP contribution is -2.33. The second-order valence-electron chi connectivity index (χ2n) is 8.06. The molecule has 2 aromatic heterocycles. The lowest BCUT2D eigenvalue weighted by Gasteiger charge is -2.24. The third kappa shape index (κ3) is 5.09. The second kappa shape index (κ2) is 10.5. The maximum atomic E-state index is 13.0. The Morgan fingerprint density at radius 1 is 1.21 bits per heavy atom. The summed E-state index contributed by atoms with van der Waals surface area (Å²) in [5.41, 5.74) is 3.53. The summed E-state index contributed by atoms with van der Waals surface area (Å²) in [6, 6.07) is 14.5. The first-order valence-corrected chi connectivity index (χ1v) is 12.5. The Kier molecular flexibility index (Phi) is 7.50. The number of hydrogen-bond acceptors (Lipinski definition) is 5. The number of hydrogen-bond donors (Lipinski definition) is 0. The summed E-state index contributed by atoms with van der Waals surface area (Å²) in [7, 11) is 0. The van der Waals surface area contributed by atoms with Gasteiger partial charge in [0.25, 0.3) is 5.91 Å². The van der Waals surface area contributed by atoms with Crippen LogP contribution in [0.3, 0.4) is 0 Å². The van der Waals surface area contributed by atoms with Crippen molar-refractivity contribution in [2.45, 2.75) is 39.7 Å². The van der Waals surface area contributed by atoms with E-state index in [9.17, 15) is 13.6 Å². The molecule has 0 aliphatic heterocycles. The number of carbonyl (C=O) groups is 1. The van der Waals surface area contributed by atoms with Crippen LogP contribution in [0.25, 0.3) is 22.4 Å². The van der Waals surface area contributed by atoms with Crippen molar-refractivity contribution in [2.24, 2.45) is 0 Å². The monoisotopic (exact) mass is 498 g/mol. The number of nitrogens with zero attached hydrogens (tertiary/aromatic N) is 3. The van der Waals surface area contributed by atoms with Crippen molar-refractivity contribution in [3.8, 4) is 11.3 Å². The smallest absolute Gasteiger partial charge is 0.264 e. The molecule has 4 aromatic rings. The fraction of sp³-hybridized carbons (Fsp3) is 0.280. The van der Waals surface area contributed by atoms with Gasteiger partial charge in [-0.1, -0.05) is 43.5 Å². The minimum atomic E-state index is -2.63. The van der Waals surface area contributed by atoms with Crippen LogP contribution in [-0.2, 0) is 17.8 Å². The number of furan rings is 1. The van der Waals surface area contributed by atoms with Crippen molar-refractivity contribution >= 4 is 39.8 Å². The fourth-order valence-electron chi connectivity index (χ4n) is 3.91. The molecule has 0 spiro atoms. The van der Waals surface area contributed by atoms with E-state index in [1.807, 2.05) is 48.7 Å². The van der Waals surface area contributed by atoms with Gasteiger partial charge in [-0.15, -0.1) is 0 Å². The highest BCUT2D eigenvalue weighted by molar-refractivity contribution is 7.77. The number of unbranched alkanes of at least 4 members (excludes halogenated alkanes) is 2. The molecule has 4 rings (SSSR count). The van der Waals surface area contributed by atoms with Crippen molar-refractivity contribution in [3.63, 3.8) is 0 Å².